The van der Waals surface area contributed by atoms with Gasteiger partial charge in [-0.1, -0.05) is 32.0 Å². The second kappa shape index (κ2) is 4.01. The highest BCUT2D eigenvalue weighted by atomic mass is 16.5. The van der Waals surface area contributed by atoms with Gasteiger partial charge in [-0.2, -0.15) is 0 Å². The molecule has 1 fully saturated rings. The van der Waals surface area contributed by atoms with Crippen molar-refractivity contribution in [2.24, 2.45) is 5.92 Å². The van der Waals surface area contributed by atoms with Crippen LogP contribution >= 0.6 is 0 Å². The summed E-state index contributed by atoms with van der Waals surface area (Å²) in [6.45, 7) is 6.25. The average Bonchev–Trinajstić information content (AvgIpc) is 2.67. The van der Waals surface area contributed by atoms with Crippen LogP contribution in [0, 0.1) is 5.92 Å². The molecular weight excluding hydrogens is 174 g/mol. The Morgan fingerprint density at radius 1 is 1.29 bits per heavy atom. The van der Waals surface area contributed by atoms with Gasteiger partial charge in [0.15, 0.2) is 0 Å². The third-order valence-corrected chi connectivity index (χ3v) is 2.59. The molecule has 0 aliphatic carbocycles. The van der Waals surface area contributed by atoms with E-state index in [1.165, 1.54) is 5.69 Å². The van der Waals surface area contributed by atoms with E-state index in [9.17, 15) is 0 Å². The second-order valence-electron chi connectivity index (χ2n) is 4.03. The van der Waals surface area contributed by atoms with Crippen molar-refractivity contribution in [2.45, 2.75) is 20.1 Å². The Kier molecular flexibility index (Phi) is 2.73. The molecule has 0 radical (unpaired) electrons. The molecule has 1 aromatic carbocycles. The number of nitrogens with zero attached hydrogens (tertiary/aromatic N) is 1. The van der Waals surface area contributed by atoms with Gasteiger partial charge in [0.1, 0.15) is 6.23 Å². The molecule has 0 spiro atoms. The minimum absolute atomic E-state index is 0.248. The highest BCUT2D eigenvalue weighted by Crippen LogP contribution is 2.24. The van der Waals surface area contributed by atoms with Crippen LogP contribution in [0.25, 0.3) is 0 Å². The first-order chi connectivity index (χ1) is 6.79. The normalized spacial score (nSPS) is 21.9. The van der Waals surface area contributed by atoms with Gasteiger partial charge in [-0.05, 0) is 18.1 Å². The quantitative estimate of drug-likeness (QED) is 0.712. The second-order valence-corrected chi connectivity index (χ2v) is 4.03. The molecule has 1 aliphatic rings. The van der Waals surface area contributed by atoms with Crippen LogP contribution in [0.1, 0.15) is 13.8 Å². The maximum Gasteiger partial charge on any atom is 0.132 e. The van der Waals surface area contributed by atoms with E-state index in [1.807, 2.05) is 6.07 Å². The van der Waals surface area contributed by atoms with Gasteiger partial charge in [-0.3, -0.25) is 0 Å². The van der Waals surface area contributed by atoms with Crippen LogP contribution in [0.4, 0.5) is 5.69 Å². The molecule has 2 heteroatoms. The van der Waals surface area contributed by atoms with Gasteiger partial charge < -0.3 is 9.64 Å². The summed E-state index contributed by atoms with van der Waals surface area (Å²) in [7, 11) is 0. The van der Waals surface area contributed by atoms with E-state index >= 15 is 0 Å². The number of ether oxygens (including phenoxy) is 1. The first-order valence-corrected chi connectivity index (χ1v) is 5.22. The Bertz CT molecular complexity index is 284. The third-order valence-electron chi connectivity index (χ3n) is 2.59. The Morgan fingerprint density at radius 2 is 2.00 bits per heavy atom. The van der Waals surface area contributed by atoms with Crippen LogP contribution in [0.3, 0.4) is 0 Å². The molecule has 76 valence electrons. The van der Waals surface area contributed by atoms with Gasteiger partial charge in [0.25, 0.3) is 0 Å². The SMILES string of the molecule is CC(C)C1OCCN1c1ccccc1. The smallest absolute Gasteiger partial charge is 0.132 e. The molecule has 0 N–H and O–H groups in total. The number of hydrogen-bond donors (Lipinski definition) is 0. The lowest BCUT2D eigenvalue weighted by Gasteiger charge is -2.27. The number of hydrogen-bond acceptors (Lipinski definition) is 2. The lowest BCUT2D eigenvalue weighted by molar-refractivity contribution is 0.0774. The van der Waals surface area contributed by atoms with Crippen molar-refractivity contribution >= 4 is 5.69 Å². The van der Waals surface area contributed by atoms with E-state index in [0.717, 1.165) is 13.2 Å². The molecule has 1 heterocycles. The summed E-state index contributed by atoms with van der Waals surface area (Å²) in [4.78, 5) is 2.34. The zero-order chi connectivity index (χ0) is 9.97. The van der Waals surface area contributed by atoms with Crippen LogP contribution in [0.2, 0.25) is 0 Å². The molecule has 0 bridgehead atoms. The summed E-state index contributed by atoms with van der Waals surface area (Å²) >= 11 is 0. The molecular formula is C12H17NO. The van der Waals surface area contributed by atoms with Gasteiger partial charge in [0.2, 0.25) is 0 Å². The molecule has 14 heavy (non-hydrogen) atoms. The van der Waals surface area contributed by atoms with E-state index in [2.05, 4.69) is 43.0 Å². The van der Waals surface area contributed by atoms with Crippen molar-refractivity contribution in [1.82, 2.24) is 0 Å². The standard InChI is InChI=1S/C12H17NO/c1-10(2)12-13(8-9-14-12)11-6-4-3-5-7-11/h3-7,10,12H,8-9H2,1-2H3. The number of rotatable bonds is 2. The average molecular weight is 191 g/mol. The first kappa shape index (κ1) is 9.53. The van der Waals surface area contributed by atoms with E-state index in [4.69, 9.17) is 4.74 Å². The Morgan fingerprint density at radius 3 is 2.64 bits per heavy atom. The lowest BCUT2D eigenvalue weighted by Crippen LogP contribution is -2.34. The van der Waals surface area contributed by atoms with E-state index in [0.29, 0.717) is 5.92 Å². The predicted molar refractivity (Wildman–Crippen MR) is 58.4 cm³/mol. The van der Waals surface area contributed by atoms with E-state index < -0.39 is 0 Å². The zero-order valence-corrected chi connectivity index (χ0v) is 8.81. The van der Waals surface area contributed by atoms with Crippen molar-refractivity contribution in [3.63, 3.8) is 0 Å². The fraction of sp³-hybridized carbons (Fsp3) is 0.500. The summed E-state index contributed by atoms with van der Waals surface area (Å²) in [5, 5.41) is 0. The molecule has 0 aromatic heterocycles. The van der Waals surface area contributed by atoms with Gasteiger partial charge >= 0.3 is 0 Å². The van der Waals surface area contributed by atoms with Crippen molar-refractivity contribution in [1.29, 1.82) is 0 Å². The van der Waals surface area contributed by atoms with Crippen LogP contribution in [0.5, 0.6) is 0 Å². The molecule has 2 rings (SSSR count). The van der Waals surface area contributed by atoms with Crippen LogP contribution in [-0.2, 0) is 4.74 Å². The molecule has 0 saturated carbocycles. The van der Waals surface area contributed by atoms with Gasteiger partial charge in [0, 0.05) is 12.2 Å². The van der Waals surface area contributed by atoms with Gasteiger partial charge in [0.05, 0.1) is 6.61 Å². The van der Waals surface area contributed by atoms with Crippen molar-refractivity contribution < 1.29 is 4.74 Å². The number of benzene rings is 1. The minimum Gasteiger partial charge on any atom is -0.356 e. The van der Waals surface area contributed by atoms with Crippen LogP contribution in [-0.4, -0.2) is 19.4 Å². The van der Waals surface area contributed by atoms with Gasteiger partial charge in [-0.15, -0.1) is 0 Å². The van der Waals surface area contributed by atoms with Crippen LogP contribution < -0.4 is 4.90 Å². The predicted octanol–water partition coefficient (Wildman–Crippen LogP) is 2.51. The first-order valence-electron chi connectivity index (χ1n) is 5.22. The Hall–Kier alpha value is -1.02. The summed E-state index contributed by atoms with van der Waals surface area (Å²) in [6.07, 6.45) is 0.248. The molecule has 2 nitrogen and oxygen atoms in total. The molecule has 1 unspecified atom stereocenters. The summed E-state index contributed by atoms with van der Waals surface area (Å²) in [5.74, 6) is 0.540. The highest BCUT2D eigenvalue weighted by molar-refractivity contribution is 5.47. The minimum atomic E-state index is 0.248. The molecule has 1 atom stereocenters. The van der Waals surface area contributed by atoms with Crippen molar-refractivity contribution in [2.75, 3.05) is 18.1 Å². The fourth-order valence-electron chi connectivity index (χ4n) is 1.94. The third kappa shape index (κ3) is 1.75. The van der Waals surface area contributed by atoms with Crippen LogP contribution in [0.15, 0.2) is 30.3 Å². The monoisotopic (exact) mass is 191 g/mol. The molecule has 1 aliphatic heterocycles. The number of anilines is 1. The van der Waals surface area contributed by atoms with E-state index in [1.54, 1.807) is 0 Å². The maximum absolute atomic E-state index is 5.71. The van der Waals surface area contributed by atoms with E-state index in [-0.39, 0.29) is 6.23 Å². The summed E-state index contributed by atoms with van der Waals surface area (Å²) < 4.78 is 5.71. The summed E-state index contributed by atoms with van der Waals surface area (Å²) in [5.41, 5.74) is 1.27. The fourth-order valence-corrected chi connectivity index (χ4v) is 1.94. The molecule has 1 aromatic rings. The van der Waals surface area contributed by atoms with Crippen molar-refractivity contribution in [3.05, 3.63) is 30.3 Å². The summed E-state index contributed by atoms with van der Waals surface area (Å²) in [6, 6.07) is 10.5. The molecule has 0 amide bonds. The molecule has 1 saturated heterocycles. The maximum atomic E-state index is 5.71. The zero-order valence-electron chi connectivity index (χ0n) is 8.81. The Labute approximate surface area is 85.5 Å². The lowest BCUT2D eigenvalue weighted by atomic mass is 10.1. The van der Waals surface area contributed by atoms with Gasteiger partial charge in [-0.25, -0.2) is 0 Å². The van der Waals surface area contributed by atoms with Crippen molar-refractivity contribution in [3.8, 4) is 0 Å². The number of para-hydroxylation sites is 1. The highest BCUT2D eigenvalue weighted by Gasteiger charge is 2.27. The Balaban J connectivity index is 2.18. The topological polar surface area (TPSA) is 12.5 Å². The largest absolute Gasteiger partial charge is 0.356 e.